The van der Waals surface area contributed by atoms with Crippen molar-refractivity contribution < 1.29 is 9.59 Å². The maximum absolute atomic E-state index is 13.5. The smallest absolute Gasteiger partial charge is 0.228 e. The number of thiophene rings is 1. The third-order valence-corrected chi connectivity index (χ3v) is 6.16. The molecule has 4 nitrogen and oxygen atoms in total. The van der Waals surface area contributed by atoms with E-state index in [0.717, 1.165) is 21.7 Å². The second-order valence-corrected chi connectivity index (χ2v) is 8.49. The van der Waals surface area contributed by atoms with Crippen molar-refractivity contribution in [3.63, 3.8) is 0 Å². The van der Waals surface area contributed by atoms with Gasteiger partial charge in [0.2, 0.25) is 11.8 Å². The Labute approximate surface area is 171 Å². The summed E-state index contributed by atoms with van der Waals surface area (Å²) in [6.07, 6.45) is 0.964. The second-order valence-electron chi connectivity index (χ2n) is 7.51. The molecule has 1 aliphatic heterocycles. The van der Waals surface area contributed by atoms with Crippen molar-refractivity contribution in [1.82, 2.24) is 4.90 Å². The first-order valence-electron chi connectivity index (χ1n) is 9.77. The Kier molecular flexibility index (Phi) is 6.35. The lowest BCUT2D eigenvalue weighted by atomic mass is 9.85. The lowest BCUT2D eigenvalue weighted by Crippen LogP contribution is -2.49. The minimum absolute atomic E-state index is 0.0780. The van der Waals surface area contributed by atoms with Gasteiger partial charge >= 0.3 is 0 Å². The minimum atomic E-state index is -0.268. The molecule has 2 amide bonds. The molecule has 1 fully saturated rings. The minimum Gasteiger partial charge on any atom is -0.339 e. The van der Waals surface area contributed by atoms with Gasteiger partial charge in [-0.25, -0.2) is 0 Å². The lowest BCUT2D eigenvalue weighted by molar-refractivity contribution is -0.137. The molecule has 5 heteroatoms. The van der Waals surface area contributed by atoms with Gasteiger partial charge < -0.3 is 9.80 Å². The Bertz CT molecular complexity index is 842. The van der Waals surface area contributed by atoms with E-state index in [2.05, 4.69) is 6.58 Å². The van der Waals surface area contributed by atoms with Crippen molar-refractivity contribution in [1.29, 1.82) is 0 Å². The van der Waals surface area contributed by atoms with E-state index in [1.54, 1.807) is 11.3 Å². The average molecular weight is 397 g/mol. The van der Waals surface area contributed by atoms with Crippen LogP contribution in [0.25, 0.3) is 0 Å². The third-order valence-electron chi connectivity index (χ3n) is 5.22. The summed E-state index contributed by atoms with van der Waals surface area (Å²) in [6.45, 7) is 11.1. The summed E-state index contributed by atoms with van der Waals surface area (Å²) >= 11 is 1.61. The summed E-state index contributed by atoms with van der Waals surface area (Å²) in [7, 11) is 0. The SMILES string of the molecule is C=C(C)CN(CC)C(=O)C1CCC(=O)N(c2ccc(C)cc2)C1c1cccs1. The van der Waals surface area contributed by atoms with Gasteiger partial charge in [-0.1, -0.05) is 35.9 Å². The molecule has 1 aliphatic rings. The van der Waals surface area contributed by atoms with Crippen LogP contribution in [0.2, 0.25) is 0 Å². The number of aryl methyl sites for hydroxylation is 1. The number of likely N-dealkylation sites (N-methyl/N-ethyl adjacent to an activating group) is 1. The molecule has 0 radical (unpaired) electrons. The van der Waals surface area contributed by atoms with Crippen molar-refractivity contribution in [2.75, 3.05) is 18.0 Å². The van der Waals surface area contributed by atoms with Crippen LogP contribution in [0, 0.1) is 12.8 Å². The molecule has 0 aliphatic carbocycles. The number of carbonyl (C=O) groups is 2. The van der Waals surface area contributed by atoms with Gasteiger partial charge in [-0.2, -0.15) is 0 Å². The van der Waals surface area contributed by atoms with Gasteiger partial charge in [0.25, 0.3) is 0 Å². The first-order chi connectivity index (χ1) is 13.4. The molecule has 2 atom stereocenters. The zero-order chi connectivity index (χ0) is 20.3. The van der Waals surface area contributed by atoms with Crippen molar-refractivity contribution in [2.24, 2.45) is 5.92 Å². The topological polar surface area (TPSA) is 40.6 Å². The number of nitrogens with zero attached hydrogens (tertiary/aromatic N) is 2. The maximum atomic E-state index is 13.5. The van der Waals surface area contributed by atoms with E-state index in [4.69, 9.17) is 0 Å². The molecule has 1 aromatic heterocycles. The second kappa shape index (κ2) is 8.74. The summed E-state index contributed by atoms with van der Waals surface area (Å²) in [5.74, 6) is -0.0697. The predicted molar refractivity (Wildman–Crippen MR) is 116 cm³/mol. The number of anilines is 1. The number of hydrogen-bond donors (Lipinski definition) is 0. The van der Waals surface area contributed by atoms with Gasteiger partial charge in [-0.15, -0.1) is 11.3 Å². The van der Waals surface area contributed by atoms with Crippen molar-refractivity contribution >= 4 is 28.8 Å². The van der Waals surface area contributed by atoms with Crippen LogP contribution in [-0.4, -0.2) is 29.8 Å². The zero-order valence-electron chi connectivity index (χ0n) is 16.9. The van der Waals surface area contributed by atoms with Gasteiger partial charge in [0.05, 0.1) is 12.0 Å². The van der Waals surface area contributed by atoms with E-state index < -0.39 is 0 Å². The molecule has 148 valence electrons. The lowest BCUT2D eigenvalue weighted by Gasteiger charge is -2.41. The quantitative estimate of drug-likeness (QED) is 0.647. The molecule has 0 N–H and O–H groups in total. The summed E-state index contributed by atoms with van der Waals surface area (Å²) in [4.78, 5) is 31.2. The molecule has 28 heavy (non-hydrogen) atoms. The molecule has 2 aromatic rings. The molecule has 2 heterocycles. The Balaban J connectivity index is 2.02. The highest BCUT2D eigenvalue weighted by atomic mass is 32.1. The predicted octanol–water partition coefficient (Wildman–Crippen LogP) is 4.97. The first kappa shape index (κ1) is 20.3. The van der Waals surface area contributed by atoms with Crippen LogP contribution in [0.15, 0.2) is 53.9 Å². The number of piperidine rings is 1. The molecule has 0 bridgehead atoms. The summed E-state index contributed by atoms with van der Waals surface area (Å²) in [5.41, 5.74) is 2.96. The van der Waals surface area contributed by atoms with Gasteiger partial charge in [0.1, 0.15) is 0 Å². The first-order valence-corrected chi connectivity index (χ1v) is 10.7. The van der Waals surface area contributed by atoms with E-state index in [1.165, 1.54) is 0 Å². The van der Waals surface area contributed by atoms with Crippen LogP contribution in [0.1, 0.15) is 43.2 Å². The average Bonchev–Trinajstić information content (AvgIpc) is 3.20. The highest BCUT2D eigenvalue weighted by Crippen LogP contribution is 2.42. The summed E-state index contributed by atoms with van der Waals surface area (Å²) in [5, 5.41) is 2.01. The molecule has 1 aromatic carbocycles. The van der Waals surface area contributed by atoms with Crippen LogP contribution in [0.5, 0.6) is 0 Å². The van der Waals surface area contributed by atoms with Gasteiger partial charge in [0, 0.05) is 30.1 Å². The molecule has 0 saturated carbocycles. The summed E-state index contributed by atoms with van der Waals surface area (Å²) in [6, 6.07) is 11.7. The van der Waals surface area contributed by atoms with E-state index >= 15 is 0 Å². The van der Waals surface area contributed by atoms with Crippen molar-refractivity contribution in [3.05, 3.63) is 64.4 Å². The Morgan fingerprint density at radius 1 is 1.29 bits per heavy atom. The Hall–Kier alpha value is -2.40. The van der Waals surface area contributed by atoms with E-state index in [1.807, 2.05) is 72.3 Å². The molecule has 3 rings (SSSR count). The standard InChI is InChI=1S/C23H28N2O2S/c1-5-24(15-16(2)3)23(27)19-12-13-21(26)25(18-10-8-17(4)9-11-18)22(19)20-7-6-14-28-20/h6-11,14,19,22H,2,5,12-13,15H2,1,3-4H3. The van der Waals surface area contributed by atoms with Crippen LogP contribution in [0.3, 0.4) is 0 Å². The third kappa shape index (κ3) is 4.20. The number of carbonyl (C=O) groups excluding carboxylic acids is 2. The van der Waals surface area contributed by atoms with E-state index in [0.29, 0.717) is 25.9 Å². The van der Waals surface area contributed by atoms with E-state index in [9.17, 15) is 9.59 Å². The molecule has 0 spiro atoms. The number of amides is 2. The Morgan fingerprint density at radius 3 is 2.57 bits per heavy atom. The normalized spacial score (nSPS) is 19.5. The molecule has 2 unspecified atom stereocenters. The van der Waals surface area contributed by atoms with Crippen LogP contribution in [0.4, 0.5) is 5.69 Å². The monoisotopic (exact) mass is 396 g/mol. The number of hydrogen-bond acceptors (Lipinski definition) is 3. The highest BCUT2D eigenvalue weighted by molar-refractivity contribution is 7.10. The van der Waals surface area contributed by atoms with Gasteiger partial charge in [-0.3, -0.25) is 9.59 Å². The fraction of sp³-hybridized carbons (Fsp3) is 0.391. The van der Waals surface area contributed by atoms with E-state index in [-0.39, 0.29) is 23.8 Å². The van der Waals surface area contributed by atoms with Crippen molar-refractivity contribution in [2.45, 2.75) is 39.7 Å². The molecular weight excluding hydrogens is 368 g/mol. The fourth-order valence-corrected chi connectivity index (χ4v) is 4.73. The van der Waals surface area contributed by atoms with Crippen LogP contribution >= 0.6 is 11.3 Å². The van der Waals surface area contributed by atoms with Gasteiger partial charge in [0.15, 0.2) is 0 Å². The number of benzene rings is 1. The number of rotatable bonds is 6. The van der Waals surface area contributed by atoms with Crippen molar-refractivity contribution in [3.8, 4) is 0 Å². The zero-order valence-corrected chi connectivity index (χ0v) is 17.7. The summed E-state index contributed by atoms with van der Waals surface area (Å²) < 4.78 is 0. The Morgan fingerprint density at radius 2 is 2.00 bits per heavy atom. The molecular formula is C23H28N2O2S. The van der Waals surface area contributed by atoms with Crippen LogP contribution < -0.4 is 4.90 Å². The van der Waals surface area contributed by atoms with Crippen LogP contribution in [-0.2, 0) is 9.59 Å². The molecule has 1 saturated heterocycles. The maximum Gasteiger partial charge on any atom is 0.228 e. The fourth-order valence-electron chi connectivity index (χ4n) is 3.85. The highest BCUT2D eigenvalue weighted by Gasteiger charge is 2.43. The largest absolute Gasteiger partial charge is 0.339 e. The van der Waals surface area contributed by atoms with Gasteiger partial charge in [-0.05, 0) is 50.8 Å².